The SMILES string of the molecule is CN(Cc1cccs1)C(=O)CSC(N)=NN. The second kappa shape index (κ2) is 6.39. The number of hydrazone groups is 1. The molecule has 0 aliphatic carbocycles. The summed E-state index contributed by atoms with van der Waals surface area (Å²) in [5.74, 6) is 5.23. The van der Waals surface area contributed by atoms with Gasteiger partial charge in [0.25, 0.3) is 0 Å². The number of nitrogens with two attached hydrogens (primary N) is 2. The first-order valence-electron chi connectivity index (χ1n) is 4.56. The summed E-state index contributed by atoms with van der Waals surface area (Å²) in [6, 6.07) is 3.96. The lowest BCUT2D eigenvalue weighted by atomic mass is 10.4. The number of rotatable bonds is 4. The van der Waals surface area contributed by atoms with Gasteiger partial charge in [-0.25, -0.2) is 0 Å². The van der Waals surface area contributed by atoms with E-state index in [0.29, 0.717) is 6.54 Å². The third-order valence-corrected chi connectivity index (χ3v) is 3.52. The molecule has 4 N–H and O–H groups in total. The maximum Gasteiger partial charge on any atom is 0.233 e. The first-order valence-corrected chi connectivity index (χ1v) is 6.42. The molecule has 0 atom stereocenters. The van der Waals surface area contributed by atoms with Crippen molar-refractivity contribution in [1.29, 1.82) is 0 Å². The molecule has 7 heteroatoms. The van der Waals surface area contributed by atoms with Crippen molar-refractivity contribution in [1.82, 2.24) is 4.90 Å². The van der Waals surface area contributed by atoms with Gasteiger partial charge in [-0.3, -0.25) is 4.79 Å². The fraction of sp³-hybridized carbons (Fsp3) is 0.333. The summed E-state index contributed by atoms with van der Waals surface area (Å²) in [4.78, 5) is 14.5. The van der Waals surface area contributed by atoms with Crippen LogP contribution in [-0.2, 0) is 11.3 Å². The summed E-state index contributed by atoms with van der Waals surface area (Å²) in [5.41, 5.74) is 5.38. The zero-order valence-electron chi connectivity index (χ0n) is 8.92. The molecular weight excluding hydrogens is 244 g/mol. The highest BCUT2D eigenvalue weighted by molar-refractivity contribution is 8.14. The molecule has 0 radical (unpaired) electrons. The van der Waals surface area contributed by atoms with Gasteiger partial charge < -0.3 is 16.5 Å². The van der Waals surface area contributed by atoms with Gasteiger partial charge in [0, 0.05) is 11.9 Å². The van der Waals surface area contributed by atoms with Gasteiger partial charge in [-0.15, -0.1) is 11.3 Å². The standard InChI is InChI=1S/C9H14N4OS2/c1-13(5-7-3-2-4-15-7)8(14)6-16-9(10)12-11/h2-4H,5-6,11H2,1H3,(H2,10,12). The Bertz CT molecular complexity index is 364. The fourth-order valence-corrected chi connectivity index (χ4v) is 2.33. The maximum absolute atomic E-state index is 11.6. The number of amides is 1. The molecule has 0 fully saturated rings. The van der Waals surface area contributed by atoms with Crippen LogP contribution in [0.15, 0.2) is 22.6 Å². The normalized spacial score (nSPS) is 11.4. The van der Waals surface area contributed by atoms with E-state index in [2.05, 4.69) is 5.10 Å². The zero-order valence-corrected chi connectivity index (χ0v) is 10.6. The van der Waals surface area contributed by atoms with Crippen LogP contribution in [-0.4, -0.2) is 28.8 Å². The molecule has 1 heterocycles. The van der Waals surface area contributed by atoms with E-state index in [0.717, 1.165) is 16.6 Å². The van der Waals surface area contributed by atoms with Gasteiger partial charge >= 0.3 is 0 Å². The number of hydrogen-bond donors (Lipinski definition) is 2. The Labute approximate surface area is 102 Å². The molecule has 1 rings (SSSR count). The minimum Gasteiger partial charge on any atom is -0.377 e. The highest BCUT2D eigenvalue weighted by Gasteiger charge is 2.10. The number of amidine groups is 1. The molecule has 0 spiro atoms. The van der Waals surface area contributed by atoms with Crippen LogP contribution in [0.1, 0.15) is 4.88 Å². The third kappa shape index (κ3) is 4.11. The molecule has 5 nitrogen and oxygen atoms in total. The van der Waals surface area contributed by atoms with Crippen LogP contribution in [0.3, 0.4) is 0 Å². The molecule has 1 aromatic rings. The fourth-order valence-electron chi connectivity index (χ4n) is 1.01. The lowest BCUT2D eigenvalue weighted by Crippen LogP contribution is -2.28. The van der Waals surface area contributed by atoms with E-state index in [1.165, 1.54) is 0 Å². The summed E-state index contributed by atoms with van der Waals surface area (Å²) >= 11 is 2.77. The summed E-state index contributed by atoms with van der Waals surface area (Å²) in [6.45, 7) is 0.622. The lowest BCUT2D eigenvalue weighted by Gasteiger charge is -2.15. The van der Waals surface area contributed by atoms with Gasteiger partial charge in [0.1, 0.15) is 0 Å². The van der Waals surface area contributed by atoms with Gasteiger partial charge in [-0.05, 0) is 11.4 Å². The van der Waals surface area contributed by atoms with Crippen molar-refractivity contribution in [3.8, 4) is 0 Å². The largest absolute Gasteiger partial charge is 0.377 e. The molecule has 0 aliphatic heterocycles. The minimum atomic E-state index is 0.00463. The molecule has 0 saturated heterocycles. The molecule has 0 saturated carbocycles. The van der Waals surface area contributed by atoms with Gasteiger partial charge in [-0.2, -0.15) is 5.10 Å². The molecule has 0 unspecified atom stereocenters. The molecule has 88 valence electrons. The zero-order chi connectivity index (χ0) is 12.0. The Morgan fingerprint density at radius 1 is 1.69 bits per heavy atom. The first-order chi connectivity index (χ1) is 7.63. The van der Waals surface area contributed by atoms with Crippen LogP contribution in [0.4, 0.5) is 0 Å². The average molecular weight is 258 g/mol. The van der Waals surface area contributed by atoms with Crippen molar-refractivity contribution < 1.29 is 4.79 Å². The second-order valence-corrected chi connectivity index (χ2v) is 5.11. The average Bonchev–Trinajstić information content (AvgIpc) is 2.77. The van der Waals surface area contributed by atoms with Gasteiger partial charge in [0.15, 0.2) is 5.17 Å². The van der Waals surface area contributed by atoms with Crippen LogP contribution in [0.2, 0.25) is 0 Å². The van der Waals surface area contributed by atoms with Crippen molar-refractivity contribution in [2.24, 2.45) is 16.7 Å². The molecule has 0 bridgehead atoms. The number of thioether (sulfide) groups is 1. The smallest absolute Gasteiger partial charge is 0.233 e. The Morgan fingerprint density at radius 2 is 2.44 bits per heavy atom. The lowest BCUT2D eigenvalue weighted by molar-refractivity contribution is -0.127. The number of nitrogens with zero attached hydrogens (tertiary/aromatic N) is 2. The van der Waals surface area contributed by atoms with E-state index >= 15 is 0 Å². The predicted molar refractivity (Wildman–Crippen MR) is 69.1 cm³/mol. The monoisotopic (exact) mass is 258 g/mol. The van der Waals surface area contributed by atoms with Gasteiger partial charge in [0.05, 0.1) is 12.3 Å². The Morgan fingerprint density at radius 3 is 3.00 bits per heavy atom. The first kappa shape index (κ1) is 12.9. The Hall–Kier alpha value is -1.21. The van der Waals surface area contributed by atoms with E-state index in [1.807, 2.05) is 17.5 Å². The minimum absolute atomic E-state index is 0.00463. The van der Waals surface area contributed by atoms with E-state index in [1.54, 1.807) is 23.3 Å². The quantitative estimate of drug-likeness (QED) is 0.359. The van der Waals surface area contributed by atoms with E-state index in [9.17, 15) is 4.79 Å². The van der Waals surface area contributed by atoms with E-state index < -0.39 is 0 Å². The Balaban J connectivity index is 2.36. The number of carbonyl (C=O) groups is 1. The van der Waals surface area contributed by atoms with Crippen LogP contribution >= 0.6 is 23.1 Å². The van der Waals surface area contributed by atoms with Crippen LogP contribution in [0.25, 0.3) is 0 Å². The summed E-state index contributed by atoms with van der Waals surface area (Å²) in [7, 11) is 1.76. The molecule has 0 aliphatic rings. The van der Waals surface area contributed by atoms with Crippen LogP contribution < -0.4 is 11.6 Å². The van der Waals surface area contributed by atoms with Crippen molar-refractivity contribution >= 4 is 34.2 Å². The summed E-state index contributed by atoms with van der Waals surface area (Å²) < 4.78 is 0. The highest BCUT2D eigenvalue weighted by atomic mass is 32.2. The Kier molecular flexibility index (Phi) is 5.13. The highest BCUT2D eigenvalue weighted by Crippen LogP contribution is 2.11. The molecule has 16 heavy (non-hydrogen) atoms. The summed E-state index contributed by atoms with van der Waals surface area (Å²) in [5, 5.41) is 5.49. The molecular formula is C9H14N4OS2. The van der Waals surface area contributed by atoms with Crippen molar-refractivity contribution in [2.75, 3.05) is 12.8 Å². The van der Waals surface area contributed by atoms with Crippen LogP contribution in [0.5, 0.6) is 0 Å². The van der Waals surface area contributed by atoms with E-state index in [-0.39, 0.29) is 16.8 Å². The van der Waals surface area contributed by atoms with Crippen molar-refractivity contribution in [3.05, 3.63) is 22.4 Å². The molecule has 1 aromatic heterocycles. The molecule has 1 amide bonds. The van der Waals surface area contributed by atoms with Crippen LogP contribution in [0, 0.1) is 0 Å². The van der Waals surface area contributed by atoms with Gasteiger partial charge in [-0.1, -0.05) is 17.8 Å². The predicted octanol–water partition coefficient (Wildman–Crippen LogP) is 0.628. The number of hydrogen-bond acceptors (Lipinski definition) is 5. The van der Waals surface area contributed by atoms with Crippen molar-refractivity contribution in [2.45, 2.75) is 6.54 Å². The second-order valence-electron chi connectivity index (χ2n) is 3.09. The van der Waals surface area contributed by atoms with Gasteiger partial charge in [0.2, 0.25) is 5.91 Å². The molecule has 0 aromatic carbocycles. The van der Waals surface area contributed by atoms with Crippen molar-refractivity contribution in [3.63, 3.8) is 0 Å². The topological polar surface area (TPSA) is 84.7 Å². The number of carbonyl (C=O) groups excluding carboxylic acids is 1. The summed E-state index contributed by atoms with van der Waals surface area (Å²) in [6.07, 6.45) is 0. The third-order valence-electron chi connectivity index (χ3n) is 1.87. The van der Waals surface area contributed by atoms with E-state index in [4.69, 9.17) is 11.6 Å². The maximum atomic E-state index is 11.6. The number of thiophene rings is 1.